The molecule has 1 amide bonds. The summed E-state index contributed by atoms with van der Waals surface area (Å²) in [7, 11) is 0. The molecule has 0 aromatic heterocycles. The largest absolute Gasteiger partial charge is 0.325 e. The summed E-state index contributed by atoms with van der Waals surface area (Å²) in [6.07, 6.45) is 2.58. The molecule has 0 unspecified atom stereocenters. The molecule has 1 aromatic rings. The van der Waals surface area contributed by atoms with Crippen LogP contribution in [0, 0.1) is 11.3 Å². The lowest BCUT2D eigenvalue weighted by Gasteiger charge is -2.30. The maximum Gasteiger partial charge on any atom is 0.241 e. The van der Waals surface area contributed by atoms with Gasteiger partial charge in [0.1, 0.15) is 0 Å². The van der Waals surface area contributed by atoms with Crippen LogP contribution in [0.25, 0.3) is 0 Å². The van der Waals surface area contributed by atoms with Crippen LogP contribution < -0.4 is 11.1 Å². The number of halogens is 2. The fraction of sp³-hybridized carbons (Fsp3) is 0.632. The van der Waals surface area contributed by atoms with Gasteiger partial charge in [-0.15, -0.1) is 24.8 Å². The normalized spacial score (nSPS) is 17.2. The lowest BCUT2D eigenvalue weighted by atomic mass is 9.87. The first-order valence-corrected chi connectivity index (χ1v) is 8.63. The molecular weight excluding hydrogens is 357 g/mol. The molecule has 0 bridgehead atoms. The maximum atomic E-state index is 12.1. The van der Waals surface area contributed by atoms with Gasteiger partial charge in [0.25, 0.3) is 0 Å². The van der Waals surface area contributed by atoms with Gasteiger partial charge in [0.15, 0.2) is 0 Å². The Morgan fingerprint density at radius 1 is 1.20 bits per heavy atom. The number of anilines is 1. The van der Waals surface area contributed by atoms with Gasteiger partial charge in [-0.1, -0.05) is 39.8 Å². The van der Waals surface area contributed by atoms with E-state index in [1.807, 2.05) is 32.9 Å². The summed E-state index contributed by atoms with van der Waals surface area (Å²) in [6.45, 7) is 11.6. The molecule has 0 aliphatic carbocycles. The summed E-state index contributed by atoms with van der Waals surface area (Å²) < 4.78 is 0. The minimum atomic E-state index is -0.516. The Morgan fingerprint density at radius 2 is 1.72 bits per heavy atom. The van der Waals surface area contributed by atoms with Gasteiger partial charge < -0.3 is 11.1 Å². The fourth-order valence-corrected chi connectivity index (χ4v) is 2.79. The van der Waals surface area contributed by atoms with E-state index in [9.17, 15) is 4.79 Å². The number of carbonyl (C=O) groups is 1. The van der Waals surface area contributed by atoms with E-state index in [1.54, 1.807) is 0 Å². The standard InChI is InChI=1S/C19H31N3O.2ClH/c1-14-9-11-22(12-10-14)13-15-5-7-16(8-6-15)21-18(23)17(20)19(2,3)4;;/h5-8,14,17H,9-13,20H2,1-4H3,(H,21,23);2*1H/t17-;;/m1../s1. The van der Waals surface area contributed by atoms with Gasteiger partial charge >= 0.3 is 0 Å². The second-order valence-corrected chi connectivity index (χ2v) is 7.99. The molecule has 1 aliphatic heterocycles. The predicted octanol–water partition coefficient (Wildman–Crippen LogP) is 4.07. The zero-order chi connectivity index (χ0) is 17.0. The highest BCUT2D eigenvalue weighted by Crippen LogP contribution is 2.21. The molecule has 1 fully saturated rings. The summed E-state index contributed by atoms with van der Waals surface area (Å²) in [5.41, 5.74) is 7.85. The Balaban J connectivity index is 0.00000288. The first-order chi connectivity index (χ1) is 10.8. The highest BCUT2D eigenvalue weighted by molar-refractivity contribution is 5.95. The van der Waals surface area contributed by atoms with Gasteiger partial charge in [-0.2, -0.15) is 0 Å². The number of nitrogens with two attached hydrogens (primary N) is 1. The van der Waals surface area contributed by atoms with Crippen molar-refractivity contribution >= 4 is 36.4 Å². The SMILES string of the molecule is CC1CCN(Cc2ccc(NC(=O)[C@@H](N)C(C)(C)C)cc2)CC1.Cl.Cl. The summed E-state index contributed by atoms with van der Waals surface area (Å²) in [5, 5.41) is 2.91. The minimum absolute atomic E-state index is 0. The van der Waals surface area contributed by atoms with Gasteiger partial charge in [-0.05, 0) is 55.0 Å². The molecule has 1 heterocycles. The summed E-state index contributed by atoms with van der Waals surface area (Å²) in [6, 6.07) is 7.61. The van der Waals surface area contributed by atoms with Crippen LogP contribution >= 0.6 is 24.8 Å². The zero-order valence-electron chi connectivity index (χ0n) is 15.7. The van der Waals surface area contributed by atoms with Crippen molar-refractivity contribution in [3.8, 4) is 0 Å². The number of benzene rings is 1. The van der Waals surface area contributed by atoms with Crippen molar-refractivity contribution in [3.63, 3.8) is 0 Å². The van der Waals surface area contributed by atoms with Crippen LogP contribution in [0.15, 0.2) is 24.3 Å². The lowest BCUT2D eigenvalue weighted by Crippen LogP contribution is -2.45. The van der Waals surface area contributed by atoms with Gasteiger partial charge in [-0.3, -0.25) is 9.69 Å². The van der Waals surface area contributed by atoms with E-state index in [4.69, 9.17) is 5.73 Å². The molecule has 0 radical (unpaired) electrons. The summed E-state index contributed by atoms with van der Waals surface area (Å²) in [5.74, 6) is 0.728. The number of hydrogen-bond acceptors (Lipinski definition) is 3. The number of nitrogens with one attached hydrogen (secondary N) is 1. The number of carbonyl (C=O) groups excluding carboxylic acids is 1. The van der Waals surface area contributed by atoms with Crippen molar-refractivity contribution in [1.29, 1.82) is 0 Å². The number of nitrogens with zero attached hydrogens (tertiary/aromatic N) is 1. The molecule has 1 atom stereocenters. The molecule has 1 aromatic carbocycles. The van der Waals surface area contributed by atoms with Gasteiger partial charge in [0, 0.05) is 12.2 Å². The Labute approximate surface area is 164 Å². The van der Waals surface area contributed by atoms with Crippen molar-refractivity contribution in [1.82, 2.24) is 4.90 Å². The molecule has 2 rings (SSSR count). The molecule has 144 valence electrons. The van der Waals surface area contributed by atoms with Crippen molar-refractivity contribution in [2.45, 2.75) is 53.1 Å². The third-order valence-corrected chi connectivity index (χ3v) is 4.72. The van der Waals surface area contributed by atoms with Crippen LogP contribution in [-0.4, -0.2) is 29.9 Å². The van der Waals surface area contributed by atoms with E-state index in [1.165, 1.54) is 31.5 Å². The third kappa shape index (κ3) is 7.53. The second kappa shape index (κ2) is 10.4. The zero-order valence-corrected chi connectivity index (χ0v) is 17.4. The van der Waals surface area contributed by atoms with Gasteiger partial charge in [0.2, 0.25) is 5.91 Å². The molecule has 1 aliphatic rings. The second-order valence-electron chi connectivity index (χ2n) is 7.99. The van der Waals surface area contributed by atoms with E-state index in [-0.39, 0.29) is 36.1 Å². The van der Waals surface area contributed by atoms with Crippen LogP contribution in [0.5, 0.6) is 0 Å². The van der Waals surface area contributed by atoms with Gasteiger partial charge in [0.05, 0.1) is 6.04 Å². The van der Waals surface area contributed by atoms with E-state index >= 15 is 0 Å². The Bertz CT molecular complexity index is 520. The topological polar surface area (TPSA) is 58.4 Å². The van der Waals surface area contributed by atoms with Crippen LogP contribution in [0.3, 0.4) is 0 Å². The number of likely N-dealkylation sites (tertiary alicyclic amines) is 1. The summed E-state index contributed by atoms with van der Waals surface area (Å²) >= 11 is 0. The van der Waals surface area contributed by atoms with E-state index < -0.39 is 6.04 Å². The molecule has 0 saturated carbocycles. The molecule has 1 saturated heterocycles. The molecule has 6 heteroatoms. The van der Waals surface area contributed by atoms with Crippen molar-refractivity contribution in [2.24, 2.45) is 17.1 Å². The highest BCUT2D eigenvalue weighted by atomic mass is 35.5. The molecule has 3 N–H and O–H groups in total. The minimum Gasteiger partial charge on any atom is -0.325 e. The number of amides is 1. The number of rotatable bonds is 4. The van der Waals surface area contributed by atoms with Crippen LogP contribution in [-0.2, 0) is 11.3 Å². The molecular formula is C19H33Cl2N3O. The monoisotopic (exact) mass is 389 g/mol. The first kappa shape index (κ1) is 24.2. The summed E-state index contributed by atoms with van der Waals surface area (Å²) in [4.78, 5) is 14.7. The van der Waals surface area contributed by atoms with Crippen molar-refractivity contribution < 1.29 is 4.79 Å². The van der Waals surface area contributed by atoms with E-state index in [0.717, 1.165) is 18.2 Å². The fourth-order valence-electron chi connectivity index (χ4n) is 2.79. The molecule has 0 spiro atoms. The van der Waals surface area contributed by atoms with E-state index in [2.05, 4.69) is 29.3 Å². The smallest absolute Gasteiger partial charge is 0.241 e. The number of piperidine rings is 1. The van der Waals surface area contributed by atoms with Crippen molar-refractivity contribution in [3.05, 3.63) is 29.8 Å². The van der Waals surface area contributed by atoms with Crippen molar-refractivity contribution in [2.75, 3.05) is 18.4 Å². The average Bonchev–Trinajstić information content (AvgIpc) is 2.50. The lowest BCUT2D eigenvalue weighted by molar-refractivity contribution is -0.119. The molecule has 25 heavy (non-hydrogen) atoms. The van der Waals surface area contributed by atoms with Crippen LogP contribution in [0.1, 0.15) is 46.1 Å². The Kier molecular flexibility index (Phi) is 10.0. The quantitative estimate of drug-likeness (QED) is 0.815. The Hall–Kier alpha value is -0.810. The predicted molar refractivity (Wildman–Crippen MR) is 111 cm³/mol. The maximum absolute atomic E-state index is 12.1. The average molecular weight is 390 g/mol. The first-order valence-electron chi connectivity index (χ1n) is 8.63. The van der Waals surface area contributed by atoms with Crippen LogP contribution in [0.4, 0.5) is 5.69 Å². The van der Waals surface area contributed by atoms with E-state index in [0.29, 0.717) is 0 Å². The van der Waals surface area contributed by atoms with Crippen LogP contribution in [0.2, 0.25) is 0 Å². The third-order valence-electron chi connectivity index (χ3n) is 4.72. The molecule has 4 nitrogen and oxygen atoms in total. The van der Waals surface area contributed by atoms with Gasteiger partial charge in [-0.25, -0.2) is 0 Å². The Morgan fingerprint density at radius 3 is 2.20 bits per heavy atom. The highest BCUT2D eigenvalue weighted by Gasteiger charge is 2.27. The number of hydrogen-bond donors (Lipinski definition) is 2.